The summed E-state index contributed by atoms with van der Waals surface area (Å²) in [6, 6.07) is 13.2. The lowest BCUT2D eigenvalue weighted by Crippen LogP contribution is -2.25. The largest absolute Gasteiger partial charge is 0.493 e. The Morgan fingerprint density at radius 3 is 2.37 bits per heavy atom. The number of nitrogens with zero attached hydrogens (tertiary/aromatic N) is 1. The van der Waals surface area contributed by atoms with Crippen molar-refractivity contribution in [3.63, 3.8) is 0 Å². The molecule has 142 valence electrons. The molecule has 1 N–H and O–H groups in total. The van der Waals surface area contributed by atoms with Gasteiger partial charge in [-0.25, -0.2) is 0 Å². The molecular formula is C21H24N2O4. The van der Waals surface area contributed by atoms with Gasteiger partial charge in [0.2, 0.25) is 11.8 Å². The van der Waals surface area contributed by atoms with Crippen LogP contribution in [0.2, 0.25) is 0 Å². The van der Waals surface area contributed by atoms with Crippen molar-refractivity contribution in [2.75, 3.05) is 25.7 Å². The predicted molar refractivity (Wildman–Crippen MR) is 103 cm³/mol. The van der Waals surface area contributed by atoms with Gasteiger partial charge in [0.25, 0.3) is 0 Å². The molecule has 27 heavy (non-hydrogen) atoms. The van der Waals surface area contributed by atoms with Gasteiger partial charge in [0.1, 0.15) is 0 Å². The van der Waals surface area contributed by atoms with Crippen molar-refractivity contribution in [1.29, 1.82) is 0 Å². The van der Waals surface area contributed by atoms with Crippen molar-refractivity contribution in [1.82, 2.24) is 5.32 Å². The molecule has 1 aliphatic rings. The Balaban J connectivity index is 1.54. The second-order valence-corrected chi connectivity index (χ2v) is 6.46. The van der Waals surface area contributed by atoms with Crippen LogP contribution >= 0.6 is 0 Å². The van der Waals surface area contributed by atoms with Crippen molar-refractivity contribution < 1.29 is 19.1 Å². The van der Waals surface area contributed by atoms with E-state index in [2.05, 4.69) is 5.32 Å². The molecule has 1 heterocycles. The average molecular weight is 368 g/mol. The van der Waals surface area contributed by atoms with Crippen molar-refractivity contribution in [2.24, 2.45) is 0 Å². The first-order valence-corrected chi connectivity index (χ1v) is 8.97. The number of nitrogens with one attached hydrogen (secondary N) is 1. The fourth-order valence-corrected chi connectivity index (χ4v) is 3.15. The molecule has 0 unspecified atom stereocenters. The molecule has 1 saturated heterocycles. The molecule has 3 rings (SSSR count). The second kappa shape index (κ2) is 8.58. The molecule has 6 nitrogen and oxygen atoms in total. The van der Waals surface area contributed by atoms with Gasteiger partial charge < -0.3 is 19.7 Å². The summed E-state index contributed by atoms with van der Waals surface area (Å²) >= 11 is 0. The molecular weight excluding hydrogens is 344 g/mol. The maximum Gasteiger partial charge on any atom is 0.227 e. The van der Waals surface area contributed by atoms with Gasteiger partial charge in [-0.2, -0.15) is 0 Å². The highest BCUT2D eigenvalue weighted by atomic mass is 16.5. The summed E-state index contributed by atoms with van der Waals surface area (Å²) in [5, 5.41) is 2.92. The van der Waals surface area contributed by atoms with E-state index in [0.717, 1.165) is 29.8 Å². The van der Waals surface area contributed by atoms with Crippen LogP contribution in [-0.4, -0.2) is 32.6 Å². The smallest absolute Gasteiger partial charge is 0.227 e. The minimum absolute atomic E-state index is 0.0685. The predicted octanol–water partition coefficient (Wildman–Crippen LogP) is 2.69. The molecule has 0 radical (unpaired) electrons. The third-order valence-corrected chi connectivity index (χ3v) is 4.62. The number of hydrogen-bond acceptors (Lipinski definition) is 4. The van der Waals surface area contributed by atoms with E-state index in [9.17, 15) is 9.59 Å². The van der Waals surface area contributed by atoms with Crippen molar-refractivity contribution in [3.8, 4) is 11.5 Å². The zero-order chi connectivity index (χ0) is 19.2. The minimum atomic E-state index is -0.0685. The Morgan fingerprint density at radius 1 is 1.04 bits per heavy atom. The number of hydrogen-bond donors (Lipinski definition) is 1. The van der Waals surface area contributed by atoms with Gasteiger partial charge in [0.05, 0.1) is 20.6 Å². The van der Waals surface area contributed by atoms with Gasteiger partial charge in [-0.15, -0.1) is 0 Å². The first kappa shape index (κ1) is 18.8. The van der Waals surface area contributed by atoms with Crippen molar-refractivity contribution >= 4 is 17.5 Å². The van der Waals surface area contributed by atoms with Gasteiger partial charge in [-0.05, 0) is 41.8 Å². The minimum Gasteiger partial charge on any atom is -0.493 e. The second-order valence-electron chi connectivity index (χ2n) is 6.46. The van der Waals surface area contributed by atoms with Crippen LogP contribution in [0, 0.1) is 0 Å². The first-order chi connectivity index (χ1) is 13.1. The highest BCUT2D eigenvalue weighted by molar-refractivity contribution is 5.95. The van der Waals surface area contributed by atoms with E-state index in [1.54, 1.807) is 31.3 Å². The van der Waals surface area contributed by atoms with Crippen LogP contribution in [0.15, 0.2) is 42.5 Å². The number of ether oxygens (including phenoxy) is 2. The Kier molecular flexibility index (Phi) is 5.96. The Bertz CT molecular complexity index is 817. The van der Waals surface area contributed by atoms with Gasteiger partial charge in [0.15, 0.2) is 11.5 Å². The topological polar surface area (TPSA) is 67.9 Å². The summed E-state index contributed by atoms with van der Waals surface area (Å²) in [6.45, 7) is 1.22. The molecule has 1 aliphatic heterocycles. The number of rotatable bonds is 7. The van der Waals surface area contributed by atoms with Crippen LogP contribution < -0.4 is 19.7 Å². The third kappa shape index (κ3) is 4.58. The molecule has 0 aromatic heterocycles. The first-order valence-electron chi connectivity index (χ1n) is 8.97. The SMILES string of the molecule is COc1ccc(CC(=O)NCc2ccc(N3CCCC3=O)cc2)cc1OC. The van der Waals surface area contributed by atoms with Crippen LogP contribution in [0.5, 0.6) is 11.5 Å². The molecule has 0 aliphatic carbocycles. The van der Waals surface area contributed by atoms with Crippen molar-refractivity contribution in [3.05, 3.63) is 53.6 Å². The number of methoxy groups -OCH3 is 2. The summed E-state index contributed by atoms with van der Waals surface area (Å²) in [4.78, 5) is 25.8. The lowest BCUT2D eigenvalue weighted by molar-refractivity contribution is -0.120. The normalized spacial score (nSPS) is 13.6. The quantitative estimate of drug-likeness (QED) is 0.816. The number of anilines is 1. The molecule has 2 amide bonds. The van der Waals surface area contributed by atoms with E-state index < -0.39 is 0 Å². The molecule has 0 saturated carbocycles. The fraction of sp³-hybridized carbons (Fsp3) is 0.333. The van der Waals surface area contributed by atoms with Gasteiger partial charge in [-0.1, -0.05) is 18.2 Å². The highest BCUT2D eigenvalue weighted by Gasteiger charge is 2.21. The average Bonchev–Trinajstić information content (AvgIpc) is 3.12. The standard InChI is InChI=1S/C21H24N2O4/c1-26-18-10-7-16(12-19(18)27-2)13-20(24)22-14-15-5-8-17(9-6-15)23-11-3-4-21(23)25/h5-10,12H,3-4,11,13-14H2,1-2H3,(H,22,24). The summed E-state index contributed by atoms with van der Waals surface area (Å²) in [6.07, 6.45) is 1.79. The molecule has 1 fully saturated rings. The van der Waals surface area contributed by atoms with Crippen LogP contribution in [0.25, 0.3) is 0 Å². The lowest BCUT2D eigenvalue weighted by atomic mass is 10.1. The summed E-state index contributed by atoms with van der Waals surface area (Å²) in [5.41, 5.74) is 2.76. The number of carbonyl (C=O) groups excluding carboxylic acids is 2. The Hall–Kier alpha value is -3.02. The summed E-state index contributed by atoms with van der Waals surface area (Å²) < 4.78 is 10.5. The molecule has 6 heteroatoms. The van der Waals surface area contributed by atoms with Crippen LogP contribution in [0.4, 0.5) is 5.69 Å². The molecule has 0 atom stereocenters. The zero-order valence-electron chi connectivity index (χ0n) is 15.7. The highest BCUT2D eigenvalue weighted by Crippen LogP contribution is 2.27. The fourth-order valence-electron chi connectivity index (χ4n) is 3.15. The summed E-state index contributed by atoms with van der Waals surface area (Å²) in [7, 11) is 3.15. The van der Waals surface area contributed by atoms with E-state index in [-0.39, 0.29) is 18.2 Å². The van der Waals surface area contributed by atoms with Crippen LogP contribution in [0.3, 0.4) is 0 Å². The zero-order valence-corrected chi connectivity index (χ0v) is 15.7. The van der Waals surface area contributed by atoms with E-state index >= 15 is 0 Å². The number of benzene rings is 2. The van der Waals surface area contributed by atoms with Gasteiger partial charge in [-0.3, -0.25) is 9.59 Å². The molecule has 2 aromatic carbocycles. The van der Waals surface area contributed by atoms with E-state index in [1.165, 1.54) is 0 Å². The van der Waals surface area contributed by atoms with Crippen molar-refractivity contribution in [2.45, 2.75) is 25.8 Å². The van der Waals surface area contributed by atoms with E-state index in [4.69, 9.17) is 9.47 Å². The number of amides is 2. The van der Waals surface area contributed by atoms with E-state index in [1.807, 2.05) is 30.3 Å². The summed E-state index contributed by atoms with van der Waals surface area (Å²) in [5.74, 6) is 1.35. The lowest BCUT2D eigenvalue weighted by Gasteiger charge is -2.16. The van der Waals surface area contributed by atoms with Gasteiger partial charge >= 0.3 is 0 Å². The van der Waals surface area contributed by atoms with Crippen LogP contribution in [0.1, 0.15) is 24.0 Å². The van der Waals surface area contributed by atoms with E-state index in [0.29, 0.717) is 24.5 Å². The van der Waals surface area contributed by atoms with Crippen LogP contribution in [-0.2, 0) is 22.6 Å². The molecule has 2 aromatic rings. The third-order valence-electron chi connectivity index (χ3n) is 4.62. The molecule has 0 spiro atoms. The maximum absolute atomic E-state index is 12.2. The molecule has 0 bridgehead atoms. The Morgan fingerprint density at radius 2 is 1.74 bits per heavy atom. The number of carbonyl (C=O) groups is 2. The monoisotopic (exact) mass is 368 g/mol. The maximum atomic E-state index is 12.2. The Labute approximate surface area is 159 Å². The van der Waals surface area contributed by atoms with Gasteiger partial charge in [0, 0.05) is 25.2 Å².